The van der Waals surface area contributed by atoms with E-state index >= 15 is 0 Å². The van der Waals surface area contributed by atoms with Gasteiger partial charge in [-0.3, -0.25) is 19.3 Å². The third-order valence-corrected chi connectivity index (χ3v) is 7.63. The second-order valence-electron chi connectivity index (χ2n) is 9.32. The van der Waals surface area contributed by atoms with E-state index < -0.39 is 47.1 Å². The lowest BCUT2D eigenvalue weighted by atomic mass is 9.76. The molecule has 1 spiro atoms. The SMILES string of the molecule is COc1ccc(CN2C(=O)[C@@H]3[C@H](CCC(=O)[O-])[NH2+][C@@]4(C(=O)Nc5c(C)cc(Cl)cc54)[C@@H]3C2=O)cc1. The number of nitrogens with one attached hydrogen (secondary N) is 1. The summed E-state index contributed by atoms with van der Waals surface area (Å²) in [5, 5.41) is 16.2. The van der Waals surface area contributed by atoms with E-state index in [-0.39, 0.29) is 19.4 Å². The average Bonchev–Trinajstić information content (AvgIpc) is 3.39. The molecule has 4 atom stereocenters. The highest BCUT2D eigenvalue weighted by molar-refractivity contribution is 6.31. The fraction of sp³-hybridized carbons (Fsp3) is 0.360. The first kappa shape index (κ1) is 23.3. The van der Waals surface area contributed by atoms with Crippen molar-refractivity contribution in [1.82, 2.24) is 4.90 Å². The Morgan fingerprint density at radius 2 is 1.91 bits per heavy atom. The van der Waals surface area contributed by atoms with Crippen molar-refractivity contribution in [3.63, 3.8) is 0 Å². The zero-order valence-corrected chi connectivity index (χ0v) is 19.9. The quantitative estimate of drug-likeness (QED) is 0.543. The number of carbonyl (C=O) groups is 4. The molecule has 3 N–H and O–H groups in total. The van der Waals surface area contributed by atoms with Crippen LogP contribution in [0.5, 0.6) is 5.75 Å². The van der Waals surface area contributed by atoms with E-state index in [1.54, 1.807) is 48.8 Å². The molecule has 0 bridgehead atoms. The van der Waals surface area contributed by atoms with Crippen LogP contribution in [-0.4, -0.2) is 41.7 Å². The number of halogens is 1. The third kappa shape index (κ3) is 3.49. The number of fused-ring (bicyclic) bond motifs is 4. The number of likely N-dealkylation sites (tertiary alicyclic amines) is 1. The number of ether oxygens (including phenoxy) is 1. The Kier molecular flexibility index (Phi) is 5.56. The summed E-state index contributed by atoms with van der Waals surface area (Å²) in [6.07, 6.45) is -0.202. The van der Waals surface area contributed by atoms with Crippen molar-refractivity contribution in [2.75, 3.05) is 12.4 Å². The largest absolute Gasteiger partial charge is 0.550 e. The number of nitrogens with zero attached hydrogens (tertiary/aromatic N) is 1. The number of carboxylic acids is 1. The topological polar surface area (TPSA) is 132 Å². The summed E-state index contributed by atoms with van der Waals surface area (Å²) in [6, 6.07) is 9.80. The summed E-state index contributed by atoms with van der Waals surface area (Å²) in [4.78, 5) is 53.4. The molecule has 3 aliphatic rings. The van der Waals surface area contributed by atoms with Crippen molar-refractivity contribution < 1.29 is 34.3 Å². The predicted octanol–water partition coefficient (Wildman–Crippen LogP) is 0.0815. The van der Waals surface area contributed by atoms with Crippen molar-refractivity contribution in [1.29, 1.82) is 0 Å². The van der Waals surface area contributed by atoms with E-state index in [0.29, 0.717) is 22.0 Å². The van der Waals surface area contributed by atoms with Crippen LogP contribution in [-0.2, 0) is 31.3 Å². The number of carbonyl (C=O) groups excluding carboxylic acids is 4. The Hall–Kier alpha value is -3.43. The van der Waals surface area contributed by atoms with Crippen LogP contribution in [0.3, 0.4) is 0 Å². The second-order valence-corrected chi connectivity index (χ2v) is 9.76. The maximum absolute atomic E-state index is 13.8. The highest BCUT2D eigenvalue weighted by Gasteiger charge is 2.74. The highest BCUT2D eigenvalue weighted by atomic mass is 35.5. The number of imide groups is 1. The van der Waals surface area contributed by atoms with Crippen LogP contribution in [0, 0.1) is 18.8 Å². The van der Waals surface area contributed by atoms with Gasteiger partial charge in [0.05, 0.1) is 19.3 Å². The number of amides is 3. The number of rotatable bonds is 6. The molecule has 10 heteroatoms. The Bertz CT molecular complexity index is 1260. The van der Waals surface area contributed by atoms with Gasteiger partial charge in [-0.2, -0.15) is 0 Å². The number of carboxylic acid groups (broad SMARTS) is 1. The summed E-state index contributed by atoms with van der Waals surface area (Å²) < 4.78 is 5.17. The molecule has 3 amide bonds. The lowest BCUT2D eigenvalue weighted by Crippen LogP contribution is -2.99. The molecule has 35 heavy (non-hydrogen) atoms. The number of methoxy groups -OCH3 is 1. The first-order chi connectivity index (χ1) is 16.7. The average molecular weight is 498 g/mol. The van der Waals surface area contributed by atoms with Crippen LogP contribution >= 0.6 is 11.6 Å². The summed E-state index contributed by atoms with van der Waals surface area (Å²) in [6.45, 7) is 1.85. The van der Waals surface area contributed by atoms with Gasteiger partial charge in [-0.1, -0.05) is 23.7 Å². The number of hydrogen-bond donors (Lipinski definition) is 2. The second kappa shape index (κ2) is 8.35. The molecular formula is C25H24ClN3O6. The first-order valence-electron chi connectivity index (χ1n) is 11.3. The van der Waals surface area contributed by atoms with Crippen LogP contribution in [0.4, 0.5) is 5.69 Å². The molecular weight excluding hydrogens is 474 g/mol. The van der Waals surface area contributed by atoms with Crippen molar-refractivity contribution in [3.05, 3.63) is 58.1 Å². The fourth-order valence-corrected chi connectivity index (χ4v) is 6.14. The lowest BCUT2D eigenvalue weighted by Gasteiger charge is -2.26. The summed E-state index contributed by atoms with van der Waals surface area (Å²) in [5.41, 5.74) is 1.18. The third-order valence-electron chi connectivity index (χ3n) is 7.41. The molecule has 0 radical (unpaired) electrons. The van der Waals surface area contributed by atoms with Gasteiger partial charge in [0.25, 0.3) is 5.91 Å². The minimum atomic E-state index is -1.41. The molecule has 182 valence electrons. The summed E-state index contributed by atoms with van der Waals surface area (Å²) in [5.74, 6) is -3.72. The summed E-state index contributed by atoms with van der Waals surface area (Å²) in [7, 11) is 1.55. The van der Waals surface area contributed by atoms with Gasteiger partial charge in [-0.05, 0) is 48.7 Å². The van der Waals surface area contributed by atoms with Gasteiger partial charge in [-0.25, -0.2) is 0 Å². The Labute approximate surface area is 206 Å². The van der Waals surface area contributed by atoms with Crippen LogP contribution in [0.15, 0.2) is 36.4 Å². The monoisotopic (exact) mass is 497 g/mol. The predicted molar refractivity (Wildman–Crippen MR) is 122 cm³/mol. The van der Waals surface area contributed by atoms with Gasteiger partial charge < -0.3 is 25.3 Å². The van der Waals surface area contributed by atoms with Crippen molar-refractivity contribution >= 4 is 41.0 Å². The van der Waals surface area contributed by atoms with Crippen LogP contribution < -0.4 is 20.5 Å². The van der Waals surface area contributed by atoms with Crippen molar-refractivity contribution in [2.24, 2.45) is 11.8 Å². The molecule has 2 aromatic rings. The van der Waals surface area contributed by atoms with Crippen LogP contribution in [0.25, 0.3) is 0 Å². The first-order valence-corrected chi connectivity index (χ1v) is 11.7. The minimum Gasteiger partial charge on any atom is -0.550 e. The molecule has 2 aromatic carbocycles. The van der Waals surface area contributed by atoms with E-state index in [2.05, 4.69) is 5.32 Å². The van der Waals surface area contributed by atoms with Gasteiger partial charge in [-0.15, -0.1) is 0 Å². The Balaban J connectivity index is 1.58. The molecule has 0 aliphatic carbocycles. The molecule has 2 saturated heterocycles. The zero-order chi connectivity index (χ0) is 25.1. The normalized spacial score (nSPS) is 26.8. The smallest absolute Gasteiger partial charge is 0.291 e. The number of benzene rings is 2. The summed E-state index contributed by atoms with van der Waals surface area (Å²) >= 11 is 6.33. The fourth-order valence-electron chi connectivity index (χ4n) is 5.87. The maximum atomic E-state index is 13.8. The molecule has 3 heterocycles. The van der Waals surface area contributed by atoms with E-state index in [1.165, 1.54) is 4.90 Å². The number of aryl methyl sites for hydroxylation is 1. The number of aliphatic carboxylic acids is 1. The maximum Gasteiger partial charge on any atom is 0.291 e. The van der Waals surface area contributed by atoms with E-state index in [0.717, 1.165) is 11.1 Å². The van der Waals surface area contributed by atoms with Gasteiger partial charge in [0.1, 0.15) is 23.6 Å². The number of anilines is 1. The number of nitrogens with two attached hydrogens (primary N) is 1. The van der Waals surface area contributed by atoms with Gasteiger partial charge in [0.15, 0.2) is 0 Å². The molecule has 5 rings (SSSR count). The van der Waals surface area contributed by atoms with E-state index in [4.69, 9.17) is 16.3 Å². The minimum absolute atomic E-state index is 0.0427. The van der Waals surface area contributed by atoms with Gasteiger partial charge in [0, 0.05) is 23.0 Å². The molecule has 3 aliphatic heterocycles. The number of hydrogen-bond acceptors (Lipinski definition) is 6. The van der Waals surface area contributed by atoms with E-state index in [9.17, 15) is 24.3 Å². The molecule has 0 aromatic heterocycles. The zero-order valence-electron chi connectivity index (χ0n) is 19.2. The Morgan fingerprint density at radius 3 is 2.57 bits per heavy atom. The van der Waals surface area contributed by atoms with Crippen LogP contribution in [0.2, 0.25) is 5.02 Å². The van der Waals surface area contributed by atoms with Gasteiger partial charge >= 0.3 is 0 Å². The molecule has 2 fully saturated rings. The van der Waals surface area contributed by atoms with Crippen molar-refractivity contribution in [2.45, 2.75) is 37.9 Å². The van der Waals surface area contributed by atoms with Crippen molar-refractivity contribution in [3.8, 4) is 5.75 Å². The molecule has 9 nitrogen and oxygen atoms in total. The Morgan fingerprint density at radius 1 is 1.20 bits per heavy atom. The highest BCUT2D eigenvalue weighted by Crippen LogP contribution is 2.51. The van der Waals surface area contributed by atoms with E-state index in [1.807, 2.05) is 6.92 Å². The molecule has 0 saturated carbocycles. The van der Waals surface area contributed by atoms with Crippen LogP contribution in [0.1, 0.15) is 29.5 Å². The lowest BCUT2D eigenvalue weighted by molar-refractivity contribution is -0.734. The van der Waals surface area contributed by atoms with Gasteiger partial charge in [0.2, 0.25) is 17.4 Å². The number of quaternary nitrogens is 1. The standard InChI is InChI=1S/C25H24ClN3O6/c1-12-9-14(26)10-16-21(12)27-24(34)25(16)20-19(17(28-25)7-8-18(30)31)22(32)29(23(20)33)11-13-3-5-15(35-2)6-4-13/h3-6,9-10,17,19-20,28H,7-8,11H2,1-2H3,(H,27,34)(H,30,31)/t17-,19+,20-,25+/m0/s1. The molecule has 0 unspecified atom stereocenters.